The van der Waals surface area contributed by atoms with E-state index in [4.69, 9.17) is 59.0 Å². The van der Waals surface area contributed by atoms with Crippen LogP contribution in [0, 0.1) is 0 Å². The van der Waals surface area contributed by atoms with Crippen LogP contribution in [0.5, 0.6) is 5.75 Å². The fourth-order valence-corrected chi connectivity index (χ4v) is 5.30. The Morgan fingerprint density at radius 1 is 0.618 bits per heavy atom. The maximum atomic E-state index is 13.8. The monoisotopic (exact) mass is 826 g/mol. The smallest absolute Gasteiger partial charge is 0.237 e. The summed E-state index contributed by atoms with van der Waals surface area (Å²) in [5.74, 6) is -0.836. The maximum Gasteiger partial charge on any atom is 0.237 e. The van der Waals surface area contributed by atoms with E-state index in [0.29, 0.717) is 90.6 Å². The molecule has 1 aromatic rings. The Morgan fingerprint density at radius 2 is 0.982 bits per heavy atom. The highest BCUT2D eigenvalue weighted by Gasteiger charge is 2.29. The quantitative estimate of drug-likeness (QED) is 0.0498. The second-order valence-corrected chi connectivity index (χ2v) is 15.6. The minimum Gasteiger partial charge on any atom is -0.444 e. The van der Waals surface area contributed by atoms with E-state index < -0.39 is 30.3 Å². The van der Waals surface area contributed by atoms with Crippen LogP contribution in [-0.2, 0) is 75.2 Å². The van der Waals surface area contributed by atoms with Crippen LogP contribution in [0.15, 0.2) is 24.3 Å². The van der Waals surface area contributed by atoms with Gasteiger partial charge in [-0.25, -0.2) is 0 Å². The van der Waals surface area contributed by atoms with Gasteiger partial charge >= 0.3 is 0 Å². The van der Waals surface area contributed by atoms with Crippen molar-refractivity contribution >= 4 is 36.0 Å². The minimum absolute atomic E-state index is 0.138. The van der Waals surface area contributed by atoms with Gasteiger partial charge in [0.25, 0.3) is 0 Å². The molecular formula is C35H63N4O14PS. The van der Waals surface area contributed by atoms with Crippen molar-refractivity contribution < 1.29 is 66.4 Å². The first-order valence-corrected chi connectivity index (χ1v) is 21.3. The molecule has 318 valence electrons. The Labute approximate surface area is 330 Å². The molecule has 0 aliphatic heterocycles. The predicted octanol–water partition coefficient (Wildman–Crippen LogP) is -0.402. The molecule has 2 atom stereocenters. The summed E-state index contributed by atoms with van der Waals surface area (Å²) in [5, 5.41) is 8.47. The van der Waals surface area contributed by atoms with Crippen LogP contribution in [-0.4, -0.2) is 193 Å². The third-order valence-corrected chi connectivity index (χ3v) is 7.93. The van der Waals surface area contributed by atoms with Crippen molar-refractivity contribution in [3.63, 3.8) is 0 Å². The molecule has 20 heteroatoms. The number of ether oxygens (including phenoxy) is 9. The first-order valence-electron chi connectivity index (χ1n) is 18.2. The summed E-state index contributed by atoms with van der Waals surface area (Å²) in [6.07, 6.45) is 0.138. The van der Waals surface area contributed by atoms with Crippen molar-refractivity contribution in [2.45, 2.75) is 12.5 Å². The number of hydrogen-bond acceptors (Lipinski definition) is 15. The molecule has 0 aromatic heterocycles. The van der Waals surface area contributed by atoms with E-state index in [1.165, 1.54) is 11.6 Å². The third-order valence-electron chi connectivity index (χ3n) is 7.16. The largest absolute Gasteiger partial charge is 0.444 e. The Kier molecular flexibility index (Phi) is 31.1. The summed E-state index contributed by atoms with van der Waals surface area (Å²) in [5.41, 5.74) is 0.715. The number of carbonyl (C=O) groups excluding carboxylic acids is 3. The lowest BCUT2D eigenvalue weighted by Crippen LogP contribution is -2.54. The van der Waals surface area contributed by atoms with Gasteiger partial charge in [0, 0.05) is 47.6 Å². The molecule has 0 saturated carbocycles. The highest BCUT2D eigenvalue weighted by molar-refractivity contribution is 8.09. The fraction of sp³-hybridized carbons (Fsp3) is 0.743. The molecule has 0 radical (unpaired) electrons. The molecule has 2 unspecified atom stereocenters. The van der Waals surface area contributed by atoms with Gasteiger partial charge in [-0.3, -0.25) is 19.3 Å². The molecule has 18 nitrogen and oxygen atoms in total. The first-order chi connectivity index (χ1) is 26.6. The molecule has 4 N–H and O–H groups in total. The average Bonchev–Trinajstić information content (AvgIpc) is 3.14. The molecule has 55 heavy (non-hydrogen) atoms. The maximum absolute atomic E-state index is 13.8. The van der Waals surface area contributed by atoms with Crippen molar-refractivity contribution in [1.82, 2.24) is 20.9 Å². The minimum atomic E-state index is -2.96. The van der Waals surface area contributed by atoms with Crippen molar-refractivity contribution in [1.29, 1.82) is 0 Å². The van der Waals surface area contributed by atoms with Gasteiger partial charge in [-0.1, -0.05) is 12.1 Å². The molecule has 0 heterocycles. The van der Waals surface area contributed by atoms with E-state index in [-0.39, 0.29) is 59.0 Å². The molecule has 1 rings (SSSR count). The molecule has 0 fully saturated rings. The van der Waals surface area contributed by atoms with Crippen LogP contribution in [0.25, 0.3) is 0 Å². The molecular weight excluding hydrogens is 763 g/mol. The number of nitrogens with zero attached hydrogens (tertiary/aromatic N) is 1. The van der Waals surface area contributed by atoms with Crippen molar-refractivity contribution in [2.24, 2.45) is 0 Å². The number of carbonyl (C=O) groups is 3. The predicted molar refractivity (Wildman–Crippen MR) is 208 cm³/mol. The van der Waals surface area contributed by atoms with Gasteiger partial charge in [0.15, 0.2) is 0 Å². The Hall–Kier alpha value is -2.36. The van der Waals surface area contributed by atoms with Crippen molar-refractivity contribution in [3.05, 3.63) is 29.8 Å². The number of amides is 3. The van der Waals surface area contributed by atoms with Crippen LogP contribution >= 0.6 is 6.49 Å². The third kappa shape index (κ3) is 29.5. The highest BCUT2D eigenvalue weighted by Crippen LogP contribution is 2.38. The second-order valence-electron chi connectivity index (χ2n) is 11.8. The normalized spacial score (nSPS) is 13.0. The Morgan fingerprint density at radius 3 is 1.36 bits per heavy atom. The van der Waals surface area contributed by atoms with Gasteiger partial charge in [0.1, 0.15) is 5.75 Å². The summed E-state index contributed by atoms with van der Waals surface area (Å²) < 4.78 is 53.1. The molecule has 3 amide bonds. The second kappa shape index (κ2) is 33.7. The lowest BCUT2D eigenvalue weighted by molar-refractivity contribution is -0.131. The standard InChI is InChI=1S/C35H63N4O14PS/c1-44-15-18-50-24-21-47-12-9-36-33(40)28-39(29-34(41)37-10-13-48-22-25-51-19-16-45-2)32(27-30-5-7-31(8-6-30)53-54(4,43)55)35(42)38-11-14-49-23-26-52-20-17-46-3/h5-8,32H,9-29H2,1-4H3,(H,36,40)(H,37,41)(H,38,42)(H,43,55). The zero-order valence-corrected chi connectivity index (χ0v) is 34.5. The number of methoxy groups -OCH3 is 3. The molecule has 0 aliphatic carbocycles. The van der Waals surface area contributed by atoms with E-state index in [0.717, 1.165) is 0 Å². The van der Waals surface area contributed by atoms with Gasteiger partial charge in [-0.15, -0.1) is 0 Å². The summed E-state index contributed by atoms with van der Waals surface area (Å²) in [6, 6.07) is 5.80. The Bertz CT molecular complexity index is 1150. The van der Waals surface area contributed by atoms with Crippen LogP contribution in [0.3, 0.4) is 0 Å². The lowest BCUT2D eigenvalue weighted by Gasteiger charge is -2.30. The molecule has 1 aromatic carbocycles. The van der Waals surface area contributed by atoms with Gasteiger partial charge in [-0.2, -0.15) is 0 Å². The van der Waals surface area contributed by atoms with E-state index in [1.807, 2.05) is 0 Å². The van der Waals surface area contributed by atoms with Crippen molar-refractivity contribution in [2.75, 3.05) is 160 Å². The van der Waals surface area contributed by atoms with Gasteiger partial charge < -0.3 is 68.0 Å². The molecule has 0 bridgehead atoms. The van der Waals surface area contributed by atoms with Crippen LogP contribution in [0.2, 0.25) is 0 Å². The van der Waals surface area contributed by atoms with Crippen LogP contribution in [0.4, 0.5) is 0 Å². The first kappa shape index (κ1) is 50.7. The van der Waals surface area contributed by atoms with Gasteiger partial charge in [0.05, 0.1) is 118 Å². The highest BCUT2D eigenvalue weighted by atomic mass is 32.5. The number of rotatable bonds is 37. The topological polar surface area (TPSA) is 203 Å². The zero-order chi connectivity index (χ0) is 40.4. The average molecular weight is 827 g/mol. The lowest BCUT2D eigenvalue weighted by atomic mass is 10.0. The van der Waals surface area contributed by atoms with E-state index in [1.54, 1.807) is 45.6 Å². The summed E-state index contributed by atoms with van der Waals surface area (Å²) >= 11 is 5.00. The summed E-state index contributed by atoms with van der Waals surface area (Å²) in [4.78, 5) is 51.7. The van der Waals surface area contributed by atoms with Gasteiger partial charge in [-0.05, 0) is 35.9 Å². The fourth-order valence-electron chi connectivity index (χ4n) is 4.53. The SMILES string of the molecule is COCCOCCOCCNC(=O)CN(CC(=O)NCCOCCOCCOC)C(Cc1ccc(OP(C)(O)=S)cc1)C(=O)NCCOCCOCCOC. The summed E-state index contributed by atoms with van der Waals surface area (Å²) in [6.45, 7) is 4.26. The van der Waals surface area contributed by atoms with Crippen molar-refractivity contribution in [3.8, 4) is 5.75 Å². The number of nitrogens with one attached hydrogen (secondary N) is 3. The molecule has 0 aliphatic rings. The number of hydrogen-bond donors (Lipinski definition) is 4. The van der Waals surface area contributed by atoms with Crippen LogP contribution < -0.4 is 20.5 Å². The summed E-state index contributed by atoms with van der Waals surface area (Å²) in [7, 11) is 4.78. The van der Waals surface area contributed by atoms with E-state index >= 15 is 0 Å². The zero-order valence-electron chi connectivity index (χ0n) is 32.8. The molecule has 0 saturated heterocycles. The van der Waals surface area contributed by atoms with E-state index in [2.05, 4.69) is 16.0 Å². The van der Waals surface area contributed by atoms with E-state index in [9.17, 15) is 19.3 Å². The Balaban J connectivity index is 2.99. The van der Waals surface area contributed by atoms with Gasteiger partial charge in [0.2, 0.25) is 24.2 Å². The van der Waals surface area contributed by atoms with Crippen LogP contribution in [0.1, 0.15) is 5.56 Å². The number of benzene rings is 1. The molecule has 0 spiro atoms.